The van der Waals surface area contributed by atoms with Gasteiger partial charge in [0.05, 0.1) is 17.1 Å². The van der Waals surface area contributed by atoms with E-state index in [0.717, 1.165) is 16.8 Å². The molecular formula is C20H16BrN3O4. The van der Waals surface area contributed by atoms with E-state index in [0.29, 0.717) is 15.9 Å². The van der Waals surface area contributed by atoms with Gasteiger partial charge in [0.2, 0.25) is 0 Å². The number of aromatic nitrogens is 2. The molecule has 1 aromatic heterocycles. The van der Waals surface area contributed by atoms with Gasteiger partial charge in [0, 0.05) is 11.6 Å². The monoisotopic (exact) mass is 441 g/mol. The van der Waals surface area contributed by atoms with Crippen LogP contribution in [-0.4, -0.2) is 22.2 Å². The maximum absolute atomic E-state index is 12.6. The smallest absolute Gasteiger partial charge is 0.327 e. The zero-order chi connectivity index (χ0) is 19.8. The van der Waals surface area contributed by atoms with Gasteiger partial charge in [-0.1, -0.05) is 30.3 Å². The Morgan fingerprint density at radius 3 is 2.57 bits per heavy atom. The third-order valence-electron chi connectivity index (χ3n) is 4.60. The van der Waals surface area contributed by atoms with Gasteiger partial charge in [0.25, 0.3) is 5.56 Å². The number of H-pyrrole nitrogens is 2. The van der Waals surface area contributed by atoms with Crippen molar-refractivity contribution in [2.45, 2.75) is 5.92 Å². The number of benzene rings is 2. The lowest BCUT2D eigenvalue weighted by atomic mass is 9.88. The number of rotatable bonds is 3. The van der Waals surface area contributed by atoms with Crippen LogP contribution in [0.3, 0.4) is 0 Å². The molecule has 1 unspecified atom stereocenters. The highest BCUT2D eigenvalue weighted by Crippen LogP contribution is 2.42. The third kappa shape index (κ3) is 3.11. The van der Waals surface area contributed by atoms with Gasteiger partial charge in [-0.3, -0.25) is 14.8 Å². The molecule has 1 atom stereocenters. The number of hydrogen-bond donors (Lipinski definition) is 4. The molecule has 0 fully saturated rings. The second-order valence-corrected chi connectivity index (χ2v) is 7.15. The molecule has 2 aromatic carbocycles. The van der Waals surface area contributed by atoms with Crippen molar-refractivity contribution in [1.82, 2.24) is 9.97 Å². The zero-order valence-corrected chi connectivity index (χ0v) is 16.3. The van der Waals surface area contributed by atoms with Gasteiger partial charge in [-0.15, -0.1) is 0 Å². The molecule has 0 radical (unpaired) electrons. The molecule has 4 N–H and O–H groups in total. The Labute approximate surface area is 167 Å². The second kappa shape index (κ2) is 7.05. The molecule has 142 valence electrons. The summed E-state index contributed by atoms with van der Waals surface area (Å²) in [6.45, 7) is 0. The van der Waals surface area contributed by atoms with Crippen LogP contribution in [0.15, 0.2) is 62.6 Å². The molecule has 8 heteroatoms. The summed E-state index contributed by atoms with van der Waals surface area (Å²) in [4.78, 5) is 29.3. The molecule has 7 nitrogen and oxygen atoms in total. The normalized spacial score (nSPS) is 15.4. The minimum atomic E-state index is -0.589. The van der Waals surface area contributed by atoms with Crippen molar-refractivity contribution in [1.29, 1.82) is 0 Å². The predicted octanol–water partition coefficient (Wildman–Crippen LogP) is 3.14. The number of nitrogens with one attached hydrogen (secondary N) is 3. The minimum absolute atomic E-state index is 0.0250. The van der Waals surface area contributed by atoms with Crippen LogP contribution >= 0.6 is 15.9 Å². The number of halogens is 1. The fourth-order valence-corrected chi connectivity index (χ4v) is 3.76. The van der Waals surface area contributed by atoms with Gasteiger partial charge < -0.3 is 15.2 Å². The molecule has 0 saturated carbocycles. The maximum atomic E-state index is 12.6. The maximum Gasteiger partial charge on any atom is 0.327 e. The molecule has 0 aliphatic carbocycles. The molecular weight excluding hydrogens is 426 g/mol. The van der Waals surface area contributed by atoms with Crippen LogP contribution in [0.2, 0.25) is 0 Å². The van der Waals surface area contributed by atoms with E-state index in [2.05, 4.69) is 31.2 Å². The SMILES string of the molecule is COc1cc(C2C=C(c3ccccc3)Nc3[nH]c(=O)[nH]c(=O)c32)cc(Br)c1O. The number of phenolic OH excluding ortho intramolecular Hbond substituents is 1. The van der Waals surface area contributed by atoms with Crippen molar-refractivity contribution in [2.24, 2.45) is 0 Å². The van der Waals surface area contributed by atoms with Gasteiger partial charge in [0.1, 0.15) is 5.82 Å². The Kier molecular flexibility index (Phi) is 4.56. The quantitative estimate of drug-likeness (QED) is 0.499. The molecule has 28 heavy (non-hydrogen) atoms. The van der Waals surface area contributed by atoms with Gasteiger partial charge in [0.15, 0.2) is 11.5 Å². The van der Waals surface area contributed by atoms with Crippen molar-refractivity contribution in [3.8, 4) is 11.5 Å². The number of ether oxygens (including phenoxy) is 1. The van der Waals surface area contributed by atoms with Gasteiger partial charge in [-0.2, -0.15) is 0 Å². The van der Waals surface area contributed by atoms with E-state index in [1.54, 1.807) is 12.1 Å². The number of methoxy groups -OCH3 is 1. The summed E-state index contributed by atoms with van der Waals surface area (Å²) >= 11 is 3.32. The van der Waals surface area contributed by atoms with E-state index in [4.69, 9.17) is 4.74 Å². The van der Waals surface area contributed by atoms with E-state index in [9.17, 15) is 14.7 Å². The molecule has 3 aromatic rings. The number of fused-ring (bicyclic) bond motifs is 1. The first kappa shape index (κ1) is 18.1. The summed E-state index contributed by atoms with van der Waals surface area (Å²) in [6.07, 6.45) is 1.91. The fourth-order valence-electron chi connectivity index (χ4n) is 3.30. The third-order valence-corrected chi connectivity index (χ3v) is 5.20. The van der Waals surface area contributed by atoms with Crippen LogP contribution < -0.4 is 21.3 Å². The van der Waals surface area contributed by atoms with Gasteiger partial charge in [-0.25, -0.2) is 4.79 Å². The molecule has 0 amide bonds. The average molecular weight is 442 g/mol. The van der Waals surface area contributed by atoms with Gasteiger partial charge >= 0.3 is 5.69 Å². The number of anilines is 1. The van der Waals surface area contributed by atoms with Gasteiger partial charge in [-0.05, 0) is 45.3 Å². The summed E-state index contributed by atoms with van der Waals surface area (Å²) in [6, 6.07) is 13.0. The highest BCUT2D eigenvalue weighted by molar-refractivity contribution is 9.10. The lowest BCUT2D eigenvalue weighted by molar-refractivity contribution is 0.371. The topological polar surface area (TPSA) is 107 Å². The first-order chi connectivity index (χ1) is 13.5. The lowest BCUT2D eigenvalue weighted by Gasteiger charge is -2.25. The van der Waals surface area contributed by atoms with Crippen molar-refractivity contribution >= 4 is 27.4 Å². The average Bonchev–Trinajstić information content (AvgIpc) is 2.69. The van der Waals surface area contributed by atoms with Crippen molar-refractivity contribution in [3.05, 3.63) is 90.5 Å². The van der Waals surface area contributed by atoms with E-state index < -0.39 is 17.2 Å². The van der Waals surface area contributed by atoms with E-state index in [-0.39, 0.29) is 11.5 Å². The minimum Gasteiger partial charge on any atom is -0.503 e. The van der Waals surface area contributed by atoms with Crippen LogP contribution in [0.5, 0.6) is 11.5 Å². The van der Waals surface area contributed by atoms with Crippen LogP contribution in [0.25, 0.3) is 5.70 Å². The molecule has 2 heterocycles. The number of aromatic amines is 2. The standard InChI is InChI=1S/C20H16BrN3O4/c1-28-15-8-11(7-13(21)17(15)25)12-9-14(10-5-3-2-4-6-10)22-18-16(12)19(26)24-20(27)23-18/h2-9,12,25H,1H3,(H3,22,23,24,26,27). The van der Waals surface area contributed by atoms with Crippen LogP contribution in [0.1, 0.15) is 22.6 Å². The summed E-state index contributed by atoms with van der Waals surface area (Å²) < 4.78 is 5.69. The molecule has 0 bridgehead atoms. The fraction of sp³-hybridized carbons (Fsp3) is 0.100. The van der Waals surface area contributed by atoms with Crippen molar-refractivity contribution in [3.63, 3.8) is 0 Å². The Morgan fingerprint density at radius 2 is 1.86 bits per heavy atom. The number of hydrogen-bond acceptors (Lipinski definition) is 5. The summed E-state index contributed by atoms with van der Waals surface area (Å²) in [5.74, 6) is 0.115. The Morgan fingerprint density at radius 1 is 1.11 bits per heavy atom. The van der Waals surface area contributed by atoms with Crippen molar-refractivity contribution < 1.29 is 9.84 Å². The van der Waals surface area contributed by atoms with E-state index in [1.807, 2.05) is 36.4 Å². The molecule has 0 saturated heterocycles. The Hall–Kier alpha value is -3.26. The van der Waals surface area contributed by atoms with Crippen LogP contribution in [0.4, 0.5) is 5.82 Å². The van der Waals surface area contributed by atoms with Crippen LogP contribution in [0, 0.1) is 0 Å². The Bertz CT molecular complexity index is 1200. The molecule has 1 aliphatic heterocycles. The first-order valence-corrected chi connectivity index (χ1v) is 9.24. The molecule has 0 spiro atoms. The summed E-state index contributed by atoms with van der Waals surface area (Å²) in [5, 5.41) is 13.3. The lowest BCUT2D eigenvalue weighted by Crippen LogP contribution is -2.31. The molecule has 4 rings (SSSR count). The number of phenols is 1. The number of allylic oxidation sites excluding steroid dienone is 1. The number of aromatic hydroxyl groups is 1. The largest absolute Gasteiger partial charge is 0.503 e. The zero-order valence-electron chi connectivity index (χ0n) is 14.7. The predicted molar refractivity (Wildman–Crippen MR) is 110 cm³/mol. The van der Waals surface area contributed by atoms with E-state index >= 15 is 0 Å². The van der Waals surface area contributed by atoms with E-state index in [1.165, 1.54) is 7.11 Å². The summed E-state index contributed by atoms with van der Waals surface area (Å²) in [5.41, 5.74) is 1.68. The first-order valence-electron chi connectivity index (χ1n) is 8.45. The summed E-state index contributed by atoms with van der Waals surface area (Å²) in [7, 11) is 1.46. The van der Waals surface area contributed by atoms with Crippen LogP contribution in [-0.2, 0) is 0 Å². The molecule has 1 aliphatic rings. The van der Waals surface area contributed by atoms with Crippen molar-refractivity contribution in [2.75, 3.05) is 12.4 Å². The highest BCUT2D eigenvalue weighted by Gasteiger charge is 2.27. The highest BCUT2D eigenvalue weighted by atomic mass is 79.9. The second-order valence-electron chi connectivity index (χ2n) is 6.30. The Balaban J connectivity index is 1.96.